The number of nitrogens with zero attached hydrogens (tertiary/aromatic N) is 1. The van der Waals surface area contributed by atoms with Crippen LogP contribution < -0.4 is 10.1 Å². The number of carbonyl (C=O) groups is 3. The van der Waals surface area contributed by atoms with Crippen LogP contribution in [0.1, 0.15) is 29.5 Å². The Morgan fingerprint density at radius 1 is 1.36 bits per heavy atom. The lowest BCUT2D eigenvalue weighted by atomic mass is 10.0. The number of benzene rings is 1. The van der Waals surface area contributed by atoms with Gasteiger partial charge in [0.15, 0.2) is 0 Å². The number of rotatable bonds is 6. The molecule has 2 aliphatic rings. The molecule has 0 aromatic heterocycles. The monoisotopic (exact) mass is 404 g/mol. The van der Waals surface area contributed by atoms with Gasteiger partial charge in [0.2, 0.25) is 5.91 Å². The molecule has 1 N–H and O–H groups in total. The van der Waals surface area contributed by atoms with Crippen molar-refractivity contribution in [3.05, 3.63) is 33.7 Å². The van der Waals surface area contributed by atoms with E-state index in [1.807, 2.05) is 26.0 Å². The van der Waals surface area contributed by atoms with Gasteiger partial charge in [0.05, 0.1) is 18.1 Å². The molecule has 3 amide bonds. The first-order valence-corrected chi connectivity index (χ1v) is 9.99. The molecule has 150 valence electrons. The van der Waals surface area contributed by atoms with Crippen molar-refractivity contribution in [2.24, 2.45) is 0 Å². The second-order valence-corrected chi connectivity index (χ2v) is 7.88. The van der Waals surface area contributed by atoms with E-state index in [1.54, 1.807) is 13.2 Å². The molecular weight excluding hydrogens is 380 g/mol. The Morgan fingerprint density at radius 3 is 2.82 bits per heavy atom. The Labute approximate surface area is 168 Å². The Balaban J connectivity index is 1.66. The molecule has 0 bridgehead atoms. The molecule has 2 saturated heterocycles. The molecule has 0 unspecified atom stereocenters. The number of thioether (sulfide) groups is 1. The zero-order valence-electron chi connectivity index (χ0n) is 16.2. The highest BCUT2D eigenvalue weighted by molar-refractivity contribution is 8.18. The molecule has 7 nitrogen and oxygen atoms in total. The van der Waals surface area contributed by atoms with E-state index in [-0.39, 0.29) is 18.6 Å². The zero-order chi connectivity index (χ0) is 20.3. The first kappa shape index (κ1) is 20.4. The lowest BCUT2D eigenvalue weighted by molar-refractivity contribution is -0.129. The second kappa shape index (κ2) is 8.79. The molecule has 8 heteroatoms. The quantitative estimate of drug-likeness (QED) is 0.734. The van der Waals surface area contributed by atoms with Crippen molar-refractivity contribution >= 4 is 34.9 Å². The van der Waals surface area contributed by atoms with Gasteiger partial charge in [-0.1, -0.05) is 0 Å². The van der Waals surface area contributed by atoms with Gasteiger partial charge >= 0.3 is 0 Å². The molecule has 2 fully saturated rings. The number of ether oxygens (including phenoxy) is 2. The summed E-state index contributed by atoms with van der Waals surface area (Å²) in [5.41, 5.74) is 2.71. The van der Waals surface area contributed by atoms with Crippen LogP contribution in [0.5, 0.6) is 5.75 Å². The Hall–Kier alpha value is -2.32. The fourth-order valence-electron chi connectivity index (χ4n) is 3.20. The third-order valence-corrected chi connectivity index (χ3v) is 5.70. The number of imide groups is 1. The van der Waals surface area contributed by atoms with Gasteiger partial charge in [0, 0.05) is 13.2 Å². The van der Waals surface area contributed by atoms with Gasteiger partial charge < -0.3 is 14.8 Å². The van der Waals surface area contributed by atoms with Crippen LogP contribution in [0, 0.1) is 13.8 Å². The highest BCUT2D eigenvalue weighted by atomic mass is 32.2. The smallest absolute Gasteiger partial charge is 0.294 e. The van der Waals surface area contributed by atoms with E-state index < -0.39 is 11.1 Å². The van der Waals surface area contributed by atoms with Crippen molar-refractivity contribution in [3.63, 3.8) is 0 Å². The summed E-state index contributed by atoms with van der Waals surface area (Å²) >= 11 is 0.849. The van der Waals surface area contributed by atoms with Gasteiger partial charge in [0.25, 0.3) is 11.1 Å². The number of hydrogen-bond acceptors (Lipinski definition) is 6. The predicted octanol–water partition coefficient (Wildman–Crippen LogP) is 2.64. The summed E-state index contributed by atoms with van der Waals surface area (Å²) < 4.78 is 10.8. The van der Waals surface area contributed by atoms with Gasteiger partial charge in [-0.15, -0.1) is 0 Å². The molecular formula is C20H24N2O5S. The van der Waals surface area contributed by atoms with E-state index in [1.165, 1.54) is 0 Å². The molecule has 1 atom stereocenters. The van der Waals surface area contributed by atoms with E-state index in [2.05, 4.69) is 5.32 Å². The minimum Gasteiger partial charge on any atom is -0.496 e. The van der Waals surface area contributed by atoms with Gasteiger partial charge in [0.1, 0.15) is 12.3 Å². The van der Waals surface area contributed by atoms with Gasteiger partial charge in [-0.25, -0.2) is 0 Å². The Bertz CT molecular complexity index is 830. The minimum atomic E-state index is -0.449. The number of nitrogens with one attached hydrogen (secondary N) is 1. The SMILES string of the molecule is COc1cc(C)c(/C=C2\SC(=O)N(CC(=O)NC[C@@H]3CCCO3)C2=O)cc1C. The summed E-state index contributed by atoms with van der Waals surface area (Å²) in [7, 11) is 1.61. The van der Waals surface area contributed by atoms with Gasteiger partial charge in [-0.05, 0) is 73.4 Å². The molecule has 0 aliphatic carbocycles. The highest BCUT2D eigenvalue weighted by Crippen LogP contribution is 2.33. The van der Waals surface area contributed by atoms with Crippen molar-refractivity contribution in [2.75, 3.05) is 26.8 Å². The highest BCUT2D eigenvalue weighted by Gasteiger charge is 2.36. The summed E-state index contributed by atoms with van der Waals surface area (Å²) in [6.07, 6.45) is 3.60. The van der Waals surface area contributed by atoms with Gasteiger partial charge in [-0.2, -0.15) is 0 Å². The van der Waals surface area contributed by atoms with Crippen molar-refractivity contribution in [3.8, 4) is 5.75 Å². The average molecular weight is 404 g/mol. The number of aryl methyl sites for hydroxylation is 2. The lowest BCUT2D eigenvalue weighted by Crippen LogP contribution is -2.41. The summed E-state index contributed by atoms with van der Waals surface area (Å²) in [6.45, 7) is 4.65. The Morgan fingerprint density at radius 2 is 2.14 bits per heavy atom. The molecule has 28 heavy (non-hydrogen) atoms. The third-order valence-electron chi connectivity index (χ3n) is 4.80. The van der Waals surface area contributed by atoms with Crippen LogP contribution in [0.2, 0.25) is 0 Å². The van der Waals surface area contributed by atoms with Crippen molar-refractivity contribution in [2.45, 2.75) is 32.8 Å². The maximum absolute atomic E-state index is 12.6. The number of methoxy groups -OCH3 is 1. The molecule has 0 radical (unpaired) electrons. The maximum atomic E-state index is 12.6. The Kier molecular flexibility index (Phi) is 6.41. The summed E-state index contributed by atoms with van der Waals surface area (Å²) in [5, 5.41) is 2.30. The first-order chi connectivity index (χ1) is 13.4. The van der Waals surface area contributed by atoms with E-state index in [0.29, 0.717) is 18.1 Å². The third kappa shape index (κ3) is 4.56. The normalized spacial score (nSPS) is 20.9. The van der Waals surface area contributed by atoms with Gasteiger partial charge in [-0.3, -0.25) is 19.3 Å². The molecule has 2 heterocycles. The number of carbonyl (C=O) groups excluding carboxylic acids is 3. The predicted molar refractivity (Wildman–Crippen MR) is 107 cm³/mol. The van der Waals surface area contributed by atoms with Crippen molar-refractivity contribution in [1.82, 2.24) is 10.2 Å². The van der Waals surface area contributed by atoms with Crippen LogP contribution in [0.15, 0.2) is 17.0 Å². The fraction of sp³-hybridized carbons (Fsp3) is 0.450. The number of amides is 3. The number of hydrogen-bond donors (Lipinski definition) is 1. The summed E-state index contributed by atoms with van der Waals surface area (Å²) in [5.74, 6) is -0.0451. The van der Waals surface area contributed by atoms with E-state index in [9.17, 15) is 14.4 Å². The summed E-state index contributed by atoms with van der Waals surface area (Å²) in [4.78, 5) is 38.3. The zero-order valence-corrected chi connectivity index (χ0v) is 17.1. The molecule has 0 spiro atoms. The lowest BCUT2D eigenvalue weighted by Gasteiger charge is -2.14. The van der Waals surface area contributed by atoms with Crippen LogP contribution in [-0.2, 0) is 14.3 Å². The van der Waals surface area contributed by atoms with E-state index in [0.717, 1.165) is 51.9 Å². The first-order valence-electron chi connectivity index (χ1n) is 9.18. The van der Waals surface area contributed by atoms with Crippen LogP contribution in [0.3, 0.4) is 0 Å². The fourth-order valence-corrected chi connectivity index (χ4v) is 4.03. The molecule has 1 aromatic carbocycles. The molecule has 0 saturated carbocycles. The maximum Gasteiger partial charge on any atom is 0.294 e. The molecule has 1 aromatic rings. The standard InChI is InChI=1S/C20H24N2O5S/c1-12-8-16(26-3)13(2)7-14(12)9-17-19(24)22(20(25)28-17)11-18(23)21-10-15-5-4-6-27-15/h7-9,15H,4-6,10-11H2,1-3H3,(H,21,23)/b17-9-/t15-/m0/s1. The van der Waals surface area contributed by atoms with E-state index >= 15 is 0 Å². The van der Waals surface area contributed by atoms with Crippen LogP contribution in [-0.4, -0.2) is 54.9 Å². The average Bonchev–Trinajstić information content (AvgIpc) is 3.27. The van der Waals surface area contributed by atoms with Crippen molar-refractivity contribution in [1.29, 1.82) is 0 Å². The van der Waals surface area contributed by atoms with Crippen LogP contribution >= 0.6 is 11.8 Å². The van der Waals surface area contributed by atoms with Crippen LogP contribution in [0.25, 0.3) is 6.08 Å². The molecule has 2 aliphatic heterocycles. The van der Waals surface area contributed by atoms with Crippen LogP contribution in [0.4, 0.5) is 4.79 Å². The van der Waals surface area contributed by atoms with E-state index in [4.69, 9.17) is 9.47 Å². The summed E-state index contributed by atoms with van der Waals surface area (Å²) in [6, 6.07) is 3.81. The molecule has 3 rings (SSSR count). The second-order valence-electron chi connectivity index (χ2n) is 6.89. The topological polar surface area (TPSA) is 84.9 Å². The largest absolute Gasteiger partial charge is 0.496 e. The van der Waals surface area contributed by atoms with Crippen molar-refractivity contribution < 1.29 is 23.9 Å². The minimum absolute atomic E-state index is 0.0139.